The van der Waals surface area contributed by atoms with Crippen LogP contribution in [0.3, 0.4) is 0 Å². The number of benzene rings is 1. The van der Waals surface area contributed by atoms with Crippen LogP contribution in [0.5, 0.6) is 0 Å². The van der Waals surface area contributed by atoms with Gasteiger partial charge < -0.3 is 0 Å². The summed E-state index contributed by atoms with van der Waals surface area (Å²) in [6.07, 6.45) is 0. The molecule has 0 fully saturated rings. The quantitative estimate of drug-likeness (QED) is 0.422. The summed E-state index contributed by atoms with van der Waals surface area (Å²) in [5.74, 6) is 0. The first-order valence-corrected chi connectivity index (χ1v) is 2.76. The van der Waals surface area contributed by atoms with Gasteiger partial charge in [-0.3, -0.25) is 0 Å². The molecule has 0 heterocycles. The predicted molar refractivity (Wildman–Crippen MR) is 30.5 cm³/mol. The summed E-state index contributed by atoms with van der Waals surface area (Å²) in [6, 6.07) is 7.27. The van der Waals surface area contributed by atoms with Crippen molar-refractivity contribution in [2.24, 2.45) is 0 Å². The van der Waals surface area contributed by atoms with E-state index in [-0.39, 0.29) is 0 Å². The van der Waals surface area contributed by atoms with Crippen molar-refractivity contribution in [3.8, 4) is 0 Å². The Morgan fingerprint density at radius 2 is 1.62 bits per heavy atom. The molecule has 1 nitrogen and oxygen atoms in total. The molecule has 0 saturated heterocycles. The second-order valence-corrected chi connectivity index (χ2v) is 2.09. The summed E-state index contributed by atoms with van der Waals surface area (Å²) in [5, 5.41) is 0. The zero-order valence-corrected chi connectivity index (χ0v) is 5.19. The molecule has 2 N–H and O–H groups in total. The zero-order chi connectivity index (χ0) is 5.98. The first-order valence-electron chi connectivity index (χ1n) is 2.27. The molecule has 0 saturated carbocycles. The average molecular weight is 151 g/mol. The van der Waals surface area contributed by atoms with E-state index in [1.807, 2.05) is 12.1 Å². The molecular weight excluding hydrogens is 145 g/mol. The second-order valence-electron chi connectivity index (χ2n) is 1.52. The van der Waals surface area contributed by atoms with E-state index in [1.54, 1.807) is 12.1 Å². The van der Waals surface area contributed by atoms with Crippen LogP contribution in [0.25, 0.3) is 0 Å². The number of hydrogen-bond donors (Lipinski definition) is 1. The Morgan fingerprint density at radius 3 is 2.00 bits per heavy atom. The van der Waals surface area contributed by atoms with E-state index in [0.29, 0.717) is 0 Å². The molecule has 1 aromatic rings. The van der Waals surface area contributed by atoms with E-state index in [9.17, 15) is 0 Å². The van der Waals surface area contributed by atoms with E-state index < -0.39 is 0 Å². The fourth-order valence-corrected chi connectivity index (χ4v) is 0.617. The van der Waals surface area contributed by atoms with Crippen LogP contribution < -0.4 is 10.3 Å². The molecule has 1 aromatic carbocycles. The van der Waals surface area contributed by atoms with Gasteiger partial charge in [0, 0.05) is 0 Å². The van der Waals surface area contributed by atoms with Gasteiger partial charge in [0.1, 0.15) is 0 Å². The van der Waals surface area contributed by atoms with Crippen molar-refractivity contribution in [1.29, 1.82) is 0 Å². The van der Waals surface area contributed by atoms with Crippen molar-refractivity contribution in [1.82, 2.24) is 0 Å². The molecule has 0 radical (unpaired) electrons. The topological polar surface area (TPSA) is 26.0 Å². The monoisotopic (exact) mass is 150 g/mol. The van der Waals surface area contributed by atoms with Crippen molar-refractivity contribution in [2.45, 2.75) is 0 Å². The maximum absolute atomic E-state index is 5.38. The van der Waals surface area contributed by atoms with Crippen LogP contribution in [0.1, 0.15) is 0 Å². The molecule has 2 heteroatoms. The summed E-state index contributed by atoms with van der Waals surface area (Å²) in [5.41, 5.74) is 6.15. The van der Waals surface area contributed by atoms with Crippen LogP contribution >= 0.6 is 0 Å². The van der Waals surface area contributed by atoms with Crippen molar-refractivity contribution in [3.63, 3.8) is 0 Å². The van der Waals surface area contributed by atoms with Gasteiger partial charge in [-0.25, -0.2) is 0 Å². The Hall–Kier alpha value is -0.486. The number of rotatable bonds is 0. The van der Waals surface area contributed by atoms with Gasteiger partial charge in [-0.1, -0.05) is 0 Å². The van der Waals surface area contributed by atoms with Gasteiger partial charge in [-0.15, -0.1) is 0 Å². The van der Waals surface area contributed by atoms with Crippen LogP contribution in [-0.4, -0.2) is 0 Å². The SMILES string of the molecule is Nc1cc[c]([Ni])cc1. The fraction of sp³-hybridized carbons (Fsp3) is 0. The van der Waals surface area contributed by atoms with Gasteiger partial charge in [-0.2, -0.15) is 0 Å². The Bertz CT molecular complexity index is 147. The minimum absolute atomic E-state index is 0.769. The molecule has 0 aliphatic carbocycles. The molecule has 0 amide bonds. The summed E-state index contributed by atoms with van der Waals surface area (Å²) in [6.45, 7) is 0. The fourth-order valence-electron chi connectivity index (χ4n) is 0.452. The molecule has 1 rings (SSSR count). The first-order chi connectivity index (χ1) is 3.79. The van der Waals surface area contributed by atoms with E-state index in [0.717, 1.165) is 10.2 Å². The second kappa shape index (κ2) is 2.19. The van der Waals surface area contributed by atoms with Gasteiger partial charge >= 0.3 is 55.7 Å². The van der Waals surface area contributed by atoms with E-state index in [2.05, 4.69) is 15.5 Å². The van der Waals surface area contributed by atoms with Gasteiger partial charge in [-0.05, 0) is 0 Å². The molecule has 8 heavy (non-hydrogen) atoms. The molecule has 0 aromatic heterocycles. The van der Waals surface area contributed by atoms with Crippen molar-refractivity contribution >= 4 is 10.2 Å². The molecule has 0 aliphatic rings. The Labute approximate surface area is 56.3 Å². The number of nitrogens with two attached hydrogens (primary N) is 1. The predicted octanol–water partition coefficient (Wildman–Crippen LogP) is 0.441. The van der Waals surface area contributed by atoms with Crippen LogP contribution in [0.15, 0.2) is 24.3 Å². The summed E-state index contributed by atoms with van der Waals surface area (Å²) < 4.78 is 0.874. The Morgan fingerprint density at radius 1 is 1.12 bits per heavy atom. The standard InChI is InChI=1S/C6H6N.Ni/c7-6-4-2-1-3-5-6;/h2-5H,7H2;. The van der Waals surface area contributed by atoms with Gasteiger partial charge in [0.05, 0.1) is 0 Å². The first kappa shape index (κ1) is 5.65. The normalized spacial score (nSPS) is 9.25. The van der Waals surface area contributed by atoms with Crippen LogP contribution in [0, 0.1) is 0 Å². The molecule has 0 aliphatic heterocycles. The summed E-state index contributed by atoms with van der Waals surface area (Å²) >= 11 is 4.54. The van der Waals surface area contributed by atoms with Crippen LogP contribution in [0.2, 0.25) is 0 Å². The zero-order valence-electron chi connectivity index (χ0n) is 4.20. The Balaban J connectivity index is 3.03. The number of nitrogen functional groups attached to an aromatic ring is 1. The number of hydrogen-bond acceptors (Lipinski definition) is 1. The van der Waals surface area contributed by atoms with E-state index in [1.165, 1.54) is 0 Å². The molecular formula is C6H6NNi. The maximum atomic E-state index is 5.38. The van der Waals surface area contributed by atoms with E-state index >= 15 is 0 Å². The Kier molecular flexibility index (Phi) is 1.54. The third-order valence-corrected chi connectivity index (χ3v) is 1.18. The molecule has 0 atom stereocenters. The van der Waals surface area contributed by atoms with Crippen molar-refractivity contribution < 1.29 is 15.5 Å². The van der Waals surface area contributed by atoms with Crippen molar-refractivity contribution in [3.05, 3.63) is 24.3 Å². The minimum atomic E-state index is 0.769. The van der Waals surface area contributed by atoms with E-state index in [4.69, 9.17) is 5.73 Å². The number of anilines is 1. The van der Waals surface area contributed by atoms with Crippen molar-refractivity contribution in [2.75, 3.05) is 5.73 Å². The third kappa shape index (κ3) is 1.24. The van der Waals surface area contributed by atoms with Crippen LogP contribution in [0.4, 0.5) is 5.69 Å². The summed E-state index contributed by atoms with van der Waals surface area (Å²) in [4.78, 5) is 0. The molecule has 0 bridgehead atoms. The molecule has 0 spiro atoms. The third-order valence-electron chi connectivity index (χ3n) is 0.849. The van der Waals surface area contributed by atoms with Gasteiger partial charge in [0.15, 0.2) is 0 Å². The van der Waals surface area contributed by atoms with Gasteiger partial charge in [0.25, 0.3) is 0 Å². The molecule has 0 unspecified atom stereocenters. The summed E-state index contributed by atoms with van der Waals surface area (Å²) in [7, 11) is 0. The average Bonchev–Trinajstić information content (AvgIpc) is 1.77. The molecule has 45 valence electrons. The van der Waals surface area contributed by atoms with Gasteiger partial charge in [0.2, 0.25) is 0 Å². The van der Waals surface area contributed by atoms with Crippen LogP contribution in [-0.2, 0) is 15.5 Å².